The number of hydrogen-bond acceptors (Lipinski definition) is 7. The molecule has 1 fully saturated rings. The van der Waals surface area contributed by atoms with Gasteiger partial charge in [-0.1, -0.05) is 13.0 Å². The molecule has 0 aliphatic carbocycles. The SMILES string of the molecule is CCN(Cc1ccncc1)Cc1ccc(OC)c(OCC(O)CN2CCN(C)CC2)c1. The molecule has 1 aromatic carbocycles. The molecule has 1 aliphatic rings. The zero-order valence-corrected chi connectivity index (χ0v) is 19.0. The maximum absolute atomic E-state index is 10.5. The van der Waals surface area contributed by atoms with Gasteiger partial charge in [-0.25, -0.2) is 0 Å². The summed E-state index contributed by atoms with van der Waals surface area (Å²) in [5.74, 6) is 1.37. The van der Waals surface area contributed by atoms with Crippen LogP contribution in [0.25, 0.3) is 0 Å². The minimum atomic E-state index is -0.532. The summed E-state index contributed by atoms with van der Waals surface area (Å²) in [5, 5.41) is 10.5. The molecule has 1 saturated heterocycles. The van der Waals surface area contributed by atoms with Gasteiger partial charge in [0.05, 0.1) is 7.11 Å². The molecule has 31 heavy (non-hydrogen) atoms. The van der Waals surface area contributed by atoms with Crippen LogP contribution in [0.4, 0.5) is 0 Å². The molecule has 7 nitrogen and oxygen atoms in total. The quantitative estimate of drug-likeness (QED) is 0.588. The molecule has 2 heterocycles. The van der Waals surface area contributed by atoms with Gasteiger partial charge in [0, 0.05) is 58.2 Å². The third-order valence-corrected chi connectivity index (χ3v) is 5.73. The number of aliphatic hydroxyl groups excluding tert-OH is 1. The Labute approximate surface area is 186 Å². The summed E-state index contributed by atoms with van der Waals surface area (Å²) < 4.78 is 11.5. The fraction of sp³-hybridized carbons (Fsp3) is 0.542. The van der Waals surface area contributed by atoms with Crippen LogP contribution in [0.5, 0.6) is 11.5 Å². The number of methoxy groups -OCH3 is 1. The minimum Gasteiger partial charge on any atom is -0.493 e. The Bertz CT molecular complexity index is 782. The summed E-state index contributed by atoms with van der Waals surface area (Å²) in [4.78, 5) is 11.1. The van der Waals surface area contributed by atoms with Crippen molar-refractivity contribution in [3.63, 3.8) is 0 Å². The lowest BCUT2D eigenvalue weighted by Gasteiger charge is -2.33. The Morgan fingerprint density at radius 3 is 2.42 bits per heavy atom. The van der Waals surface area contributed by atoms with Gasteiger partial charge >= 0.3 is 0 Å². The standard InChI is InChI=1S/C24H36N4O3/c1-4-27(16-20-7-9-25-10-8-20)17-21-5-6-23(30-3)24(15-21)31-19-22(29)18-28-13-11-26(2)12-14-28/h5-10,15,22,29H,4,11-14,16-19H2,1-3H3. The largest absolute Gasteiger partial charge is 0.493 e. The molecule has 2 aromatic rings. The van der Waals surface area contributed by atoms with E-state index in [-0.39, 0.29) is 6.61 Å². The summed E-state index contributed by atoms with van der Waals surface area (Å²) in [6.45, 7) is 9.70. The van der Waals surface area contributed by atoms with Crippen LogP contribution >= 0.6 is 0 Å². The third kappa shape index (κ3) is 7.47. The van der Waals surface area contributed by atoms with Gasteiger partial charge < -0.3 is 19.5 Å². The van der Waals surface area contributed by atoms with Gasteiger partial charge in [0.15, 0.2) is 11.5 Å². The highest BCUT2D eigenvalue weighted by Crippen LogP contribution is 2.29. The van der Waals surface area contributed by atoms with E-state index in [2.05, 4.69) is 39.7 Å². The van der Waals surface area contributed by atoms with Gasteiger partial charge in [0.25, 0.3) is 0 Å². The van der Waals surface area contributed by atoms with Gasteiger partial charge in [-0.3, -0.25) is 14.8 Å². The highest BCUT2D eigenvalue weighted by atomic mass is 16.5. The lowest BCUT2D eigenvalue weighted by atomic mass is 10.1. The number of aromatic nitrogens is 1. The van der Waals surface area contributed by atoms with E-state index >= 15 is 0 Å². The molecule has 1 atom stereocenters. The molecule has 1 unspecified atom stereocenters. The monoisotopic (exact) mass is 428 g/mol. The lowest BCUT2D eigenvalue weighted by Crippen LogP contribution is -2.47. The second-order valence-corrected chi connectivity index (χ2v) is 8.21. The van der Waals surface area contributed by atoms with Crippen LogP contribution in [0, 0.1) is 0 Å². The predicted molar refractivity (Wildman–Crippen MR) is 122 cm³/mol. The summed E-state index contributed by atoms with van der Waals surface area (Å²) in [6, 6.07) is 10.1. The topological polar surface area (TPSA) is 61.3 Å². The van der Waals surface area contributed by atoms with Crippen molar-refractivity contribution in [2.45, 2.75) is 26.1 Å². The second-order valence-electron chi connectivity index (χ2n) is 8.21. The molecular formula is C24H36N4O3. The van der Waals surface area contributed by atoms with Gasteiger partial charge in [-0.05, 0) is 49.0 Å². The van der Waals surface area contributed by atoms with Crippen LogP contribution < -0.4 is 9.47 Å². The number of piperazine rings is 1. The number of aliphatic hydroxyl groups is 1. The van der Waals surface area contributed by atoms with Gasteiger partial charge in [-0.2, -0.15) is 0 Å². The fourth-order valence-corrected chi connectivity index (χ4v) is 3.78. The number of likely N-dealkylation sites (N-methyl/N-ethyl adjacent to an activating group) is 1. The molecule has 0 saturated carbocycles. The molecular weight excluding hydrogens is 392 g/mol. The molecule has 3 rings (SSSR count). The van der Waals surface area contributed by atoms with Crippen molar-refractivity contribution in [2.24, 2.45) is 0 Å². The normalized spacial score (nSPS) is 16.4. The molecule has 0 bridgehead atoms. The zero-order chi connectivity index (χ0) is 22.1. The average Bonchev–Trinajstić information content (AvgIpc) is 2.79. The van der Waals surface area contributed by atoms with Gasteiger partial charge in [-0.15, -0.1) is 0 Å². The second kappa shape index (κ2) is 12.0. The minimum absolute atomic E-state index is 0.251. The molecule has 1 aromatic heterocycles. The van der Waals surface area contributed by atoms with E-state index in [0.717, 1.165) is 51.4 Å². The molecule has 0 radical (unpaired) electrons. The first kappa shape index (κ1) is 23.5. The number of β-amino-alcohol motifs (C(OH)–C–C–N with tert-alkyl or cyclic N) is 1. The number of nitrogens with zero attached hydrogens (tertiary/aromatic N) is 4. The van der Waals surface area contributed by atoms with Crippen molar-refractivity contribution in [1.29, 1.82) is 0 Å². The molecule has 170 valence electrons. The smallest absolute Gasteiger partial charge is 0.161 e. The van der Waals surface area contributed by atoms with Crippen LogP contribution in [-0.2, 0) is 13.1 Å². The van der Waals surface area contributed by atoms with E-state index in [9.17, 15) is 5.11 Å². The van der Waals surface area contributed by atoms with Crippen LogP contribution in [0.15, 0.2) is 42.7 Å². The van der Waals surface area contributed by atoms with Crippen molar-refractivity contribution in [3.8, 4) is 11.5 Å². The van der Waals surface area contributed by atoms with Crippen molar-refractivity contribution in [2.75, 3.05) is 60.0 Å². The average molecular weight is 429 g/mol. The Morgan fingerprint density at radius 2 is 1.74 bits per heavy atom. The van der Waals surface area contributed by atoms with E-state index in [0.29, 0.717) is 18.0 Å². The summed E-state index contributed by atoms with van der Waals surface area (Å²) in [6.07, 6.45) is 3.13. The molecule has 1 N–H and O–H groups in total. The Morgan fingerprint density at radius 1 is 1.03 bits per heavy atom. The van der Waals surface area contributed by atoms with Crippen LogP contribution in [-0.4, -0.2) is 90.9 Å². The Hall–Kier alpha value is -2.19. The summed E-state index contributed by atoms with van der Waals surface area (Å²) in [5.41, 5.74) is 2.40. The molecule has 1 aliphatic heterocycles. The maximum Gasteiger partial charge on any atom is 0.161 e. The first-order valence-corrected chi connectivity index (χ1v) is 11.1. The van der Waals surface area contributed by atoms with Crippen LogP contribution in [0.2, 0.25) is 0 Å². The highest BCUT2D eigenvalue weighted by Gasteiger charge is 2.18. The molecule has 7 heteroatoms. The number of rotatable bonds is 11. The van der Waals surface area contributed by atoms with Gasteiger partial charge in [0.2, 0.25) is 0 Å². The van der Waals surface area contributed by atoms with Crippen LogP contribution in [0.3, 0.4) is 0 Å². The van der Waals surface area contributed by atoms with E-state index < -0.39 is 6.10 Å². The molecule has 0 amide bonds. The van der Waals surface area contributed by atoms with E-state index in [4.69, 9.17) is 9.47 Å². The van der Waals surface area contributed by atoms with Crippen LogP contribution in [0.1, 0.15) is 18.1 Å². The number of benzene rings is 1. The fourth-order valence-electron chi connectivity index (χ4n) is 3.78. The van der Waals surface area contributed by atoms with Crippen molar-refractivity contribution >= 4 is 0 Å². The summed E-state index contributed by atoms with van der Waals surface area (Å²) in [7, 11) is 3.77. The first-order valence-electron chi connectivity index (χ1n) is 11.1. The van der Waals surface area contributed by atoms with Crippen molar-refractivity contribution in [3.05, 3.63) is 53.9 Å². The highest BCUT2D eigenvalue weighted by molar-refractivity contribution is 5.43. The maximum atomic E-state index is 10.5. The van der Waals surface area contributed by atoms with E-state index in [1.54, 1.807) is 7.11 Å². The van der Waals surface area contributed by atoms with Crippen molar-refractivity contribution < 1.29 is 14.6 Å². The number of pyridine rings is 1. The van der Waals surface area contributed by atoms with Crippen molar-refractivity contribution in [1.82, 2.24) is 19.7 Å². The number of ether oxygens (including phenoxy) is 2. The Balaban J connectivity index is 1.56. The Kier molecular flexibility index (Phi) is 9.09. The first-order chi connectivity index (χ1) is 15.1. The summed E-state index contributed by atoms with van der Waals surface area (Å²) >= 11 is 0. The number of hydrogen-bond donors (Lipinski definition) is 1. The lowest BCUT2D eigenvalue weighted by molar-refractivity contribution is 0.0497. The molecule has 0 spiro atoms. The van der Waals surface area contributed by atoms with Gasteiger partial charge in [0.1, 0.15) is 12.7 Å². The zero-order valence-electron chi connectivity index (χ0n) is 19.0. The third-order valence-electron chi connectivity index (χ3n) is 5.73. The van der Waals surface area contributed by atoms with E-state index in [1.165, 1.54) is 5.56 Å². The predicted octanol–water partition coefficient (Wildman–Crippen LogP) is 2.10. The van der Waals surface area contributed by atoms with E-state index in [1.807, 2.05) is 36.7 Å².